The van der Waals surface area contributed by atoms with Gasteiger partial charge in [-0.25, -0.2) is 15.0 Å². The smallest absolute Gasteiger partial charge is 0.221 e. The van der Waals surface area contributed by atoms with Crippen molar-refractivity contribution in [3.05, 3.63) is 60.2 Å². The first-order valence-corrected chi connectivity index (χ1v) is 11.2. The Labute approximate surface area is 189 Å². The SMILES string of the molecule is CC(=O)Nc1ccc(Nc2ncnc3c2nc(-c2csc4ccccc24)n3C(C)C)cc1. The lowest BCUT2D eigenvalue weighted by atomic mass is 10.1. The molecule has 0 aliphatic heterocycles. The molecule has 0 saturated heterocycles. The van der Waals surface area contributed by atoms with Gasteiger partial charge in [0.05, 0.1) is 0 Å². The van der Waals surface area contributed by atoms with E-state index >= 15 is 0 Å². The van der Waals surface area contributed by atoms with Gasteiger partial charge in [0.1, 0.15) is 12.2 Å². The summed E-state index contributed by atoms with van der Waals surface area (Å²) in [7, 11) is 0. The molecule has 0 unspecified atom stereocenters. The number of benzene rings is 2. The van der Waals surface area contributed by atoms with Crippen LogP contribution in [0.5, 0.6) is 0 Å². The summed E-state index contributed by atoms with van der Waals surface area (Å²) in [5, 5.41) is 9.47. The van der Waals surface area contributed by atoms with Crippen molar-refractivity contribution in [1.29, 1.82) is 0 Å². The summed E-state index contributed by atoms with van der Waals surface area (Å²) >= 11 is 1.72. The van der Waals surface area contributed by atoms with Gasteiger partial charge in [0.2, 0.25) is 5.91 Å². The van der Waals surface area contributed by atoms with E-state index in [-0.39, 0.29) is 11.9 Å². The molecule has 5 aromatic rings. The molecule has 3 heterocycles. The van der Waals surface area contributed by atoms with Crippen LogP contribution in [0.2, 0.25) is 0 Å². The fourth-order valence-corrected chi connectivity index (χ4v) is 4.75. The topological polar surface area (TPSA) is 84.7 Å². The van der Waals surface area contributed by atoms with E-state index in [1.807, 2.05) is 24.3 Å². The van der Waals surface area contributed by atoms with Crippen LogP contribution in [-0.4, -0.2) is 25.4 Å². The number of hydrogen-bond donors (Lipinski definition) is 2. The lowest BCUT2D eigenvalue weighted by molar-refractivity contribution is -0.114. The van der Waals surface area contributed by atoms with Crippen molar-refractivity contribution in [2.75, 3.05) is 10.6 Å². The number of hydrogen-bond acceptors (Lipinski definition) is 6. The Kier molecular flexibility index (Phi) is 5.07. The van der Waals surface area contributed by atoms with Crippen LogP contribution in [0.1, 0.15) is 26.8 Å². The molecule has 2 N–H and O–H groups in total. The van der Waals surface area contributed by atoms with Crippen LogP contribution in [0.4, 0.5) is 17.2 Å². The number of rotatable bonds is 5. The third-order valence-electron chi connectivity index (χ3n) is 5.18. The highest BCUT2D eigenvalue weighted by Gasteiger charge is 2.21. The van der Waals surface area contributed by atoms with Crippen molar-refractivity contribution >= 4 is 55.7 Å². The van der Waals surface area contributed by atoms with E-state index in [1.54, 1.807) is 17.7 Å². The number of aromatic nitrogens is 4. The average molecular weight is 443 g/mol. The number of carbonyl (C=O) groups excluding carboxylic acids is 1. The molecule has 3 aromatic heterocycles. The minimum Gasteiger partial charge on any atom is -0.338 e. The van der Waals surface area contributed by atoms with E-state index in [4.69, 9.17) is 4.98 Å². The monoisotopic (exact) mass is 442 g/mol. The Morgan fingerprint density at radius 2 is 1.78 bits per heavy atom. The summed E-state index contributed by atoms with van der Waals surface area (Å²) < 4.78 is 3.39. The van der Waals surface area contributed by atoms with Crippen molar-refractivity contribution < 1.29 is 4.79 Å². The maximum Gasteiger partial charge on any atom is 0.221 e. The van der Waals surface area contributed by atoms with Crippen LogP contribution < -0.4 is 10.6 Å². The molecule has 0 aliphatic carbocycles. The van der Waals surface area contributed by atoms with Crippen LogP contribution in [-0.2, 0) is 4.79 Å². The molecule has 0 bridgehead atoms. The van der Waals surface area contributed by atoms with Gasteiger partial charge >= 0.3 is 0 Å². The molecule has 0 fully saturated rings. The zero-order valence-corrected chi connectivity index (χ0v) is 18.8. The molecule has 5 rings (SSSR count). The van der Waals surface area contributed by atoms with Gasteiger partial charge < -0.3 is 15.2 Å². The highest BCUT2D eigenvalue weighted by molar-refractivity contribution is 7.17. The minimum absolute atomic E-state index is 0.101. The Balaban J connectivity index is 1.60. The zero-order chi connectivity index (χ0) is 22.2. The molecule has 160 valence electrons. The molecule has 0 saturated carbocycles. The first-order valence-electron chi connectivity index (χ1n) is 10.4. The summed E-state index contributed by atoms with van der Waals surface area (Å²) in [6.45, 7) is 5.76. The van der Waals surface area contributed by atoms with E-state index in [0.29, 0.717) is 5.82 Å². The third kappa shape index (κ3) is 3.58. The van der Waals surface area contributed by atoms with E-state index in [2.05, 4.69) is 68.7 Å². The fourth-order valence-electron chi connectivity index (χ4n) is 3.81. The maximum absolute atomic E-state index is 11.3. The van der Waals surface area contributed by atoms with Crippen molar-refractivity contribution in [2.24, 2.45) is 0 Å². The Morgan fingerprint density at radius 3 is 2.53 bits per heavy atom. The molecular weight excluding hydrogens is 420 g/mol. The highest BCUT2D eigenvalue weighted by atomic mass is 32.1. The number of anilines is 3. The number of imidazole rings is 1. The summed E-state index contributed by atoms with van der Waals surface area (Å²) in [5.74, 6) is 1.43. The molecule has 1 amide bonds. The Bertz CT molecular complexity index is 1430. The molecule has 8 heteroatoms. The van der Waals surface area contributed by atoms with Gasteiger partial charge in [-0.3, -0.25) is 4.79 Å². The van der Waals surface area contributed by atoms with Crippen LogP contribution in [0.15, 0.2) is 60.2 Å². The second-order valence-corrected chi connectivity index (χ2v) is 8.73. The van der Waals surface area contributed by atoms with Gasteiger partial charge in [-0.2, -0.15) is 0 Å². The standard InChI is InChI=1S/C24H22N6OS/c1-14(2)30-23(19-12-32-20-7-5-4-6-18(19)20)29-21-22(25-13-26-24(21)30)28-17-10-8-16(9-11-17)27-15(3)31/h4-14H,1-3H3,(H,27,31)(H,25,26,28). The quantitative estimate of drug-likeness (QED) is 0.349. The number of carbonyl (C=O) groups is 1. The summed E-state index contributed by atoms with van der Waals surface area (Å²) in [4.78, 5) is 25.3. The normalized spacial score (nSPS) is 11.4. The van der Waals surface area contributed by atoms with E-state index in [9.17, 15) is 4.79 Å². The Morgan fingerprint density at radius 1 is 1.03 bits per heavy atom. The van der Waals surface area contributed by atoms with E-state index in [1.165, 1.54) is 17.0 Å². The minimum atomic E-state index is -0.101. The largest absolute Gasteiger partial charge is 0.338 e. The van der Waals surface area contributed by atoms with Crippen LogP contribution in [0.25, 0.3) is 32.6 Å². The molecule has 2 aromatic carbocycles. The first kappa shape index (κ1) is 20.1. The number of nitrogens with one attached hydrogen (secondary N) is 2. The highest BCUT2D eigenvalue weighted by Crippen LogP contribution is 2.37. The fraction of sp³-hybridized carbons (Fsp3) is 0.167. The van der Waals surface area contributed by atoms with Crippen LogP contribution in [0.3, 0.4) is 0 Å². The van der Waals surface area contributed by atoms with Gasteiger partial charge in [-0.1, -0.05) is 18.2 Å². The number of thiophene rings is 1. The van der Waals surface area contributed by atoms with Crippen molar-refractivity contribution in [3.63, 3.8) is 0 Å². The summed E-state index contributed by atoms with van der Waals surface area (Å²) in [6.07, 6.45) is 1.56. The number of fused-ring (bicyclic) bond motifs is 2. The lowest BCUT2D eigenvalue weighted by Crippen LogP contribution is -2.05. The lowest BCUT2D eigenvalue weighted by Gasteiger charge is -2.12. The van der Waals surface area contributed by atoms with E-state index < -0.39 is 0 Å². The third-order valence-corrected chi connectivity index (χ3v) is 6.15. The van der Waals surface area contributed by atoms with E-state index in [0.717, 1.165) is 33.9 Å². The van der Waals surface area contributed by atoms with Gasteiger partial charge in [0.25, 0.3) is 0 Å². The molecule has 0 radical (unpaired) electrons. The zero-order valence-electron chi connectivity index (χ0n) is 18.0. The molecular formula is C24H22N6OS. The maximum atomic E-state index is 11.3. The molecule has 0 atom stereocenters. The second-order valence-electron chi connectivity index (χ2n) is 7.82. The molecule has 0 aliphatic rings. The first-order chi connectivity index (χ1) is 15.5. The number of nitrogens with zero attached hydrogens (tertiary/aromatic N) is 4. The molecule has 32 heavy (non-hydrogen) atoms. The Hall–Kier alpha value is -3.78. The predicted molar refractivity (Wildman–Crippen MR) is 131 cm³/mol. The van der Waals surface area contributed by atoms with Gasteiger partial charge in [-0.15, -0.1) is 11.3 Å². The molecule has 7 nitrogen and oxygen atoms in total. The van der Waals surface area contributed by atoms with Crippen molar-refractivity contribution in [2.45, 2.75) is 26.8 Å². The van der Waals surface area contributed by atoms with Gasteiger partial charge in [0, 0.05) is 45.4 Å². The second kappa shape index (κ2) is 8.05. The van der Waals surface area contributed by atoms with Crippen molar-refractivity contribution in [1.82, 2.24) is 19.5 Å². The predicted octanol–water partition coefficient (Wildman–Crippen LogP) is 5.99. The molecule has 0 spiro atoms. The average Bonchev–Trinajstić information content (AvgIpc) is 3.36. The van der Waals surface area contributed by atoms with Gasteiger partial charge in [-0.05, 0) is 44.2 Å². The summed E-state index contributed by atoms with van der Waals surface area (Å²) in [6, 6.07) is 16.0. The van der Waals surface area contributed by atoms with Crippen LogP contribution >= 0.6 is 11.3 Å². The van der Waals surface area contributed by atoms with Crippen molar-refractivity contribution in [3.8, 4) is 11.4 Å². The van der Waals surface area contributed by atoms with Gasteiger partial charge in [0.15, 0.2) is 17.0 Å². The number of amides is 1. The summed E-state index contributed by atoms with van der Waals surface area (Å²) in [5.41, 5.74) is 4.20. The van der Waals surface area contributed by atoms with Crippen LogP contribution in [0, 0.1) is 0 Å².